The second-order valence-electron chi connectivity index (χ2n) is 20.6. The van der Waals surface area contributed by atoms with Gasteiger partial charge in [-0.25, -0.2) is 12.8 Å². The Kier molecular flexibility index (Phi) is 8.76. The van der Waals surface area contributed by atoms with Gasteiger partial charge < -0.3 is 10.4 Å². The van der Waals surface area contributed by atoms with E-state index in [1.807, 2.05) is 0 Å². The van der Waals surface area contributed by atoms with Crippen LogP contribution in [0.2, 0.25) is 0 Å². The fraction of sp³-hybridized carbons (Fsp3) is 0.818. The Morgan fingerprint density at radius 2 is 1.64 bits per heavy atom. The quantitative estimate of drug-likeness (QED) is 0.258. The lowest BCUT2D eigenvalue weighted by atomic mass is 9.32. The fourth-order valence-electron chi connectivity index (χ4n) is 15.4. The van der Waals surface area contributed by atoms with Crippen molar-refractivity contribution >= 4 is 21.7 Å². The number of amides is 1. The molecule has 0 aromatic rings. The Hall–Kier alpha value is -2.00. The standard InChI is InChI=1S/C44H65FN2O5S/c1-27(2)29-11-16-43(37(48)46-20-21-47-22-24-53(51,52)25-23-47)19-18-41(6)31(35(29)43)8-9-34-40(5)14-12-30(39(3,4)33(40)13-15-42(34,41)7)28-10-17-44(38(49)50)32(26-28)36(44)45/h10,12,29,31-36H,1,8-9,11,13-26H2,2-7H3,(H,46,48)(H,49,50)/t29-,31+,32?,33-,34+,35+,36?,40-,41+,42+,43-,44+/m0/s1. The SMILES string of the molecule is C=C(C)[C@@H]1CC[C@]2(C(=O)NCCN3CCS(=O)(=O)CC3)CC[C@]3(C)[C@H](CC[C@@H]4[C@@]5(C)CC=C(C6=CC[C@]7(C(=O)O)C(F)C7C6)C(C)(C)[C@@H]5CC[C@]43C)[C@@H]12. The van der Waals surface area contributed by atoms with E-state index in [2.05, 4.69) is 70.5 Å². The van der Waals surface area contributed by atoms with Crippen molar-refractivity contribution in [3.63, 3.8) is 0 Å². The number of aliphatic carboxylic acids is 1. The highest BCUT2D eigenvalue weighted by atomic mass is 32.2. The first-order valence-electron chi connectivity index (χ1n) is 20.9. The van der Waals surface area contributed by atoms with Gasteiger partial charge in [0, 0.05) is 32.1 Å². The van der Waals surface area contributed by atoms with Crippen molar-refractivity contribution in [1.82, 2.24) is 10.2 Å². The van der Waals surface area contributed by atoms with Gasteiger partial charge in [-0.05, 0) is 140 Å². The summed E-state index contributed by atoms with van der Waals surface area (Å²) >= 11 is 0. The van der Waals surface area contributed by atoms with Gasteiger partial charge in [-0.15, -0.1) is 0 Å². The van der Waals surface area contributed by atoms with Gasteiger partial charge in [0.05, 0.1) is 16.9 Å². The molecule has 12 atom stereocenters. The van der Waals surface area contributed by atoms with E-state index in [1.165, 1.54) is 29.6 Å². The summed E-state index contributed by atoms with van der Waals surface area (Å²) in [5.41, 5.74) is 2.48. The zero-order valence-corrected chi connectivity index (χ0v) is 34.1. The second kappa shape index (κ2) is 12.2. The molecule has 1 aliphatic heterocycles. The van der Waals surface area contributed by atoms with Crippen LogP contribution in [0.25, 0.3) is 0 Å². The Morgan fingerprint density at radius 1 is 0.925 bits per heavy atom. The van der Waals surface area contributed by atoms with Crippen molar-refractivity contribution in [3.8, 4) is 0 Å². The molecule has 2 N–H and O–H groups in total. The number of hydrogen-bond acceptors (Lipinski definition) is 5. The summed E-state index contributed by atoms with van der Waals surface area (Å²) < 4.78 is 38.8. The number of halogens is 1. The molecule has 5 saturated carbocycles. The molecular weight excluding hydrogens is 688 g/mol. The lowest BCUT2D eigenvalue weighted by Gasteiger charge is -2.72. The van der Waals surface area contributed by atoms with Gasteiger partial charge in [0.1, 0.15) is 11.6 Å². The van der Waals surface area contributed by atoms with Crippen LogP contribution in [-0.4, -0.2) is 74.2 Å². The Bertz CT molecular complexity index is 1760. The lowest BCUT2D eigenvalue weighted by molar-refractivity contribution is -0.226. The number of nitrogens with zero attached hydrogens (tertiary/aromatic N) is 1. The van der Waals surface area contributed by atoms with Crippen molar-refractivity contribution in [2.45, 2.75) is 118 Å². The summed E-state index contributed by atoms with van der Waals surface area (Å²) in [6, 6.07) is 0. The molecule has 0 spiro atoms. The summed E-state index contributed by atoms with van der Waals surface area (Å²) in [7, 11) is -2.93. The maximum absolute atomic E-state index is 14.9. The van der Waals surface area contributed by atoms with Crippen molar-refractivity contribution in [1.29, 1.82) is 0 Å². The highest BCUT2D eigenvalue weighted by Gasteiger charge is 2.73. The van der Waals surface area contributed by atoms with Crippen LogP contribution in [0.1, 0.15) is 112 Å². The monoisotopic (exact) mass is 752 g/mol. The van der Waals surface area contributed by atoms with Crippen molar-refractivity contribution in [3.05, 3.63) is 35.5 Å². The topological polar surface area (TPSA) is 104 Å². The number of nitrogens with one attached hydrogen (secondary N) is 1. The average molecular weight is 753 g/mol. The molecule has 53 heavy (non-hydrogen) atoms. The minimum absolute atomic E-state index is 0.0827. The molecule has 9 heteroatoms. The molecule has 294 valence electrons. The number of carboxylic acids is 1. The number of hydrogen-bond donors (Lipinski definition) is 2. The van der Waals surface area contributed by atoms with Gasteiger partial charge in [-0.3, -0.25) is 14.5 Å². The Balaban J connectivity index is 1.04. The molecule has 0 radical (unpaired) electrons. The Labute approximate surface area is 318 Å². The minimum atomic E-state index is -2.93. The van der Waals surface area contributed by atoms with E-state index in [-0.39, 0.29) is 50.4 Å². The first-order chi connectivity index (χ1) is 24.8. The number of sulfone groups is 1. The van der Waals surface area contributed by atoms with Gasteiger partial charge >= 0.3 is 5.97 Å². The first kappa shape index (κ1) is 37.9. The molecule has 1 heterocycles. The van der Waals surface area contributed by atoms with Crippen molar-refractivity contribution < 1.29 is 27.5 Å². The number of carboxylic acid groups (broad SMARTS) is 1. The molecule has 0 aromatic carbocycles. The number of carbonyl (C=O) groups excluding carboxylic acids is 1. The fourth-order valence-corrected chi connectivity index (χ4v) is 16.7. The largest absolute Gasteiger partial charge is 0.481 e. The van der Waals surface area contributed by atoms with Gasteiger partial charge in [0.15, 0.2) is 9.84 Å². The summed E-state index contributed by atoms with van der Waals surface area (Å²) in [4.78, 5) is 28.7. The molecule has 8 aliphatic rings. The number of fused-ring (bicyclic) bond motifs is 8. The van der Waals surface area contributed by atoms with Crippen LogP contribution >= 0.6 is 0 Å². The van der Waals surface area contributed by atoms with E-state index in [1.54, 1.807) is 0 Å². The molecule has 0 aromatic heterocycles. The average Bonchev–Trinajstić information content (AvgIpc) is 3.48. The smallest absolute Gasteiger partial charge is 0.313 e. The maximum atomic E-state index is 14.9. The third-order valence-electron chi connectivity index (χ3n) is 18.5. The van der Waals surface area contributed by atoms with E-state index in [9.17, 15) is 27.5 Å². The van der Waals surface area contributed by atoms with Gasteiger partial charge in [0.2, 0.25) is 5.91 Å². The van der Waals surface area contributed by atoms with Gasteiger partial charge in [-0.2, -0.15) is 0 Å². The molecular formula is C44H65FN2O5S. The van der Waals surface area contributed by atoms with Gasteiger partial charge in [0.25, 0.3) is 0 Å². The van der Waals surface area contributed by atoms with E-state index in [0.29, 0.717) is 62.7 Å². The predicted molar refractivity (Wildman–Crippen MR) is 206 cm³/mol. The lowest BCUT2D eigenvalue weighted by Crippen LogP contribution is -2.66. The third kappa shape index (κ3) is 5.19. The van der Waals surface area contributed by atoms with E-state index in [4.69, 9.17) is 0 Å². The van der Waals surface area contributed by atoms with Crippen LogP contribution in [0.4, 0.5) is 4.39 Å². The normalized spacial score (nSPS) is 48.0. The molecule has 7 aliphatic carbocycles. The van der Waals surface area contributed by atoms with Crippen LogP contribution in [0.3, 0.4) is 0 Å². The summed E-state index contributed by atoms with van der Waals surface area (Å²) in [6.45, 7) is 21.7. The highest BCUT2D eigenvalue weighted by molar-refractivity contribution is 7.91. The van der Waals surface area contributed by atoms with E-state index in [0.717, 1.165) is 44.9 Å². The van der Waals surface area contributed by atoms with E-state index >= 15 is 0 Å². The first-order valence-corrected chi connectivity index (χ1v) is 22.7. The van der Waals surface area contributed by atoms with Crippen molar-refractivity contribution in [2.24, 2.45) is 68.0 Å². The number of rotatable bonds is 7. The highest BCUT2D eigenvalue weighted by Crippen LogP contribution is 2.78. The third-order valence-corrected chi connectivity index (χ3v) is 20.1. The maximum Gasteiger partial charge on any atom is 0.313 e. The summed E-state index contributed by atoms with van der Waals surface area (Å²) in [5, 5.41) is 13.2. The van der Waals surface area contributed by atoms with Crippen LogP contribution in [0, 0.1) is 68.0 Å². The number of carbonyl (C=O) groups is 2. The van der Waals surface area contributed by atoms with Crippen LogP contribution < -0.4 is 5.32 Å². The molecule has 0 bridgehead atoms. The molecule has 1 saturated heterocycles. The van der Waals surface area contributed by atoms with E-state index < -0.39 is 33.3 Å². The van der Waals surface area contributed by atoms with Gasteiger partial charge in [-0.1, -0.05) is 58.9 Å². The molecule has 8 rings (SSSR count). The number of allylic oxidation sites excluding steroid dienone is 5. The van der Waals surface area contributed by atoms with Crippen LogP contribution in [0.15, 0.2) is 35.5 Å². The minimum Gasteiger partial charge on any atom is -0.481 e. The number of alkyl halides is 1. The molecule has 1 amide bonds. The summed E-state index contributed by atoms with van der Waals surface area (Å²) in [5.74, 6) is 1.39. The van der Waals surface area contributed by atoms with Crippen LogP contribution in [-0.2, 0) is 19.4 Å². The zero-order chi connectivity index (χ0) is 38.1. The molecule has 6 fully saturated rings. The van der Waals surface area contributed by atoms with Crippen molar-refractivity contribution in [2.75, 3.05) is 37.7 Å². The predicted octanol–water partition coefficient (Wildman–Crippen LogP) is 7.79. The zero-order valence-electron chi connectivity index (χ0n) is 33.2. The second-order valence-corrected chi connectivity index (χ2v) is 22.9. The van der Waals surface area contributed by atoms with Crippen LogP contribution in [0.5, 0.6) is 0 Å². The molecule has 7 nitrogen and oxygen atoms in total. The Morgan fingerprint density at radius 3 is 2.30 bits per heavy atom. The summed E-state index contributed by atoms with van der Waals surface area (Å²) in [6.07, 6.45) is 13.7. The molecule has 2 unspecified atom stereocenters.